The van der Waals surface area contributed by atoms with Gasteiger partial charge in [-0.2, -0.15) is 5.26 Å². The number of nitriles is 1. The molecule has 0 amide bonds. The summed E-state index contributed by atoms with van der Waals surface area (Å²) < 4.78 is 26.1. The predicted molar refractivity (Wildman–Crippen MR) is 70.2 cm³/mol. The van der Waals surface area contributed by atoms with Crippen LogP contribution < -0.4 is 5.32 Å². The zero-order valence-electron chi connectivity index (χ0n) is 10.6. The first-order valence-corrected chi connectivity index (χ1v) is 6.45. The summed E-state index contributed by atoms with van der Waals surface area (Å²) in [6.07, 6.45) is 5.14. The summed E-state index contributed by atoms with van der Waals surface area (Å²) in [6.45, 7) is 0.728. The van der Waals surface area contributed by atoms with Crippen LogP contribution in [-0.2, 0) is 0 Å². The summed E-state index contributed by atoms with van der Waals surface area (Å²) in [6, 6.07) is 6.46. The highest BCUT2D eigenvalue weighted by molar-refractivity contribution is 5.67. The third kappa shape index (κ3) is 3.62. The first-order chi connectivity index (χ1) is 9.20. The van der Waals surface area contributed by atoms with Gasteiger partial charge in [0.2, 0.25) is 0 Å². The minimum atomic E-state index is -0.816. The van der Waals surface area contributed by atoms with Crippen molar-refractivity contribution >= 4 is 5.57 Å². The Balaban J connectivity index is 2.02. The summed E-state index contributed by atoms with van der Waals surface area (Å²) in [5.74, 6) is -1.62. The first-order valence-electron chi connectivity index (χ1n) is 6.45. The van der Waals surface area contributed by atoms with Crippen molar-refractivity contribution in [3.63, 3.8) is 0 Å². The van der Waals surface area contributed by atoms with Crippen molar-refractivity contribution in [2.24, 2.45) is 0 Å². The number of benzene rings is 1. The third-order valence-corrected chi connectivity index (χ3v) is 3.35. The normalized spacial score (nSPS) is 18.8. The molecule has 19 heavy (non-hydrogen) atoms. The van der Waals surface area contributed by atoms with Crippen molar-refractivity contribution in [1.82, 2.24) is 5.32 Å². The molecule has 100 valence electrons. The maximum Gasteiger partial charge on any atom is 0.159 e. The molecule has 1 N–H and O–H groups in total. The Morgan fingerprint density at radius 1 is 1.32 bits per heavy atom. The summed E-state index contributed by atoms with van der Waals surface area (Å²) in [7, 11) is 0. The standard InChI is InChI=1S/C15H16F2N2/c16-14-5-4-11(10-15(14)17)12-6-8-19-13(9-12)3-1-2-7-18/h4-6,10,13,19H,1-3,8-9H2. The topological polar surface area (TPSA) is 35.8 Å². The molecule has 1 unspecified atom stereocenters. The average molecular weight is 262 g/mol. The highest BCUT2D eigenvalue weighted by atomic mass is 19.2. The van der Waals surface area contributed by atoms with E-state index in [1.54, 1.807) is 6.07 Å². The van der Waals surface area contributed by atoms with Crippen LogP contribution >= 0.6 is 0 Å². The van der Waals surface area contributed by atoms with Gasteiger partial charge in [-0.1, -0.05) is 12.1 Å². The molecule has 1 aromatic rings. The van der Waals surface area contributed by atoms with E-state index in [0.29, 0.717) is 12.5 Å². The SMILES string of the molecule is N#CCCCC1CC(c2ccc(F)c(F)c2)=CCN1. The lowest BCUT2D eigenvalue weighted by Crippen LogP contribution is -2.32. The third-order valence-electron chi connectivity index (χ3n) is 3.35. The molecule has 0 radical (unpaired) electrons. The van der Waals surface area contributed by atoms with Crippen molar-refractivity contribution < 1.29 is 8.78 Å². The van der Waals surface area contributed by atoms with E-state index in [1.165, 1.54) is 6.07 Å². The molecule has 1 aromatic carbocycles. The maximum absolute atomic E-state index is 13.2. The first kappa shape index (κ1) is 13.7. The fourth-order valence-electron chi connectivity index (χ4n) is 2.33. The van der Waals surface area contributed by atoms with E-state index in [1.807, 2.05) is 6.08 Å². The molecule has 0 fully saturated rings. The second-order valence-corrected chi connectivity index (χ2v) is 4.72. The van der Waals surface area contributed by atoms with Gasteiger partial charge in [-0.3, -0.25) is 0 Å². The van der Waals surface area contributed by atoms with Crippen LogP contribution in [0.2, 0.25) is 0 Å². The van der Waals surface area contributed by atoms with E-state index in [2.05, 4.69) is 11.4 Å². The Kier molecular flexibility index (Phi) is 4.64. The number of nitrogens with zero attached hydrogens (tertiary/aromatic N) is 1. The largest absolute Gasteiger partial charge is 0.310 e. The minimum absolute atomic E-state index is 0.307. The Labute approximate surface area is 111 Å². The van der Waals surface area contributed by atoms with Gasteiger partial charge >= 0.3 is 0 Å². The lowest BCUT2D eigenvalue weighted by atomic mass is 9.93. The molecule has 0 aliphatic carbocycles. The predicted octanol–water partition coefficient (Wildman–Crippen LogP) is 3.40. The number of nitrogens with one attached hydrogen (secondary N) is 1. The number of unbranched alkanes of at least 4 members (excludes halogenated alkanes) is 1. The molecular formula is C15H16F2N2. The maximum atomic E-state index is 13.2. The molecule has 0 bridgehead atoms. The van der Waals surface area contributed by atoms with Gasteiger partial charge in [0.25, 0.3) is 0 Å². The zero-order valence-corrected chi connectivity index (χ0v) is 10.6. The lowest BCUT2D eigenvalue weighted by molar-refractivity contribution is 0.487. The Morgan fingerprint density at radius 3 is 2.89 bits per heavy atom. The molecule has 1 aliphatic heterocycles. The van der Waals surface area contributed by atoms with Gasteiger partial charge < -0.3 is 5.32 Å². The van der Waals surface area contributed by atoms with Crippen molar-refractivity contribution in [1.29, 1.82) is 5.26 Å². The van der Waals surface area contributed by atoms with Gasteiger partial charge in [0.15, 0.2) is 11.6 Å². The van der Waals surface area contributed by atoms with E-state index in [-0.39, 0.29) is 0 Å². The molecule has 1 heterocycles. The molecule has 1 atom stereocenters. The quantitative estimate of drug-likeness (QED) is 0.844. The summed E-state index contributed by atoms with van der Waals surface area (Å²) >= 11 is 0. The van der Waals surface area contributed by atoms with Crippen LogP contribution in [-0.4, -0.2) is 12.6 Å². The monoisotopic (exact) mass is 262 g/mol. The van der Waals surface area contributed by atoms with Crippen LogP contribution in [0.15, 0.2) is 24.3 Å². The van der Waals surface area contributed by atoms with Crippen LogP contribution in [0.4, 0.5) is 8.78 Å². The molecule has 1 aliphatic rings. The van der Waals surface area contributed by atoms with E-state index in [4.69, 9.17) is 5.26 Å². The molecule has 0 aromatic heterocycles. The van der Waals surface area contributed by atoms with E-state index in [0.717, 1.165) is 43.0 Å². The van der Waals surface area contributed by atoms with Crippen molar-refractivity contribution in [2.75, 3.05) is 6.54 Å². The van der Waals surface area contributed by atoms with Crippen LogP contribution in [0.1, 0.15) is 31.2 Å². The minimum Gasteiger partial charge on any atom is -0.310 e. The molecular weight excluding hydrogens is 246 g/mol. The highest BCUT2D eigenvalue weighted by Crippen LogP contribution is 2.25. The number of rotatable bonds is 4. The Morgan fingerprint density at radius 2 is 2.16 bits per heavy atom. The molecule has 4 heteroatoms. The highest BCUT2D eigenvalue weighted by Gasteiger charge is 2.16. The van der Waals surface area contributed by atoms with Gasteiger partial charge in [0.05, 0.1) is 6.07 Å². The second kappa shape index (κ2) is 6.44. The van der Waals surface area contributed by atoms with Gasteiger partial charge in [0, 0.05) is 19.0 Å². The van der Waals surface area contributed by atoms with E-state index < -0.39 is 11.6 Å². The van der Waals surface area contributed by atoms with E-state index in [9.17, 15) is 8.78 Å². The van der Waals surface area contributed by atoms with Crippen molar-refractivity contribution in [3.05, 3.63) is 41.5 Å². The van der Waals surface area contributed by atoms with Crippen molar-refractivity contribution in [2.45, 2.75) is 31.7 Å². The fourth-order valence-corrected chi connectivity index (χ4v) is 2.33. The van der Waals surface area contributed by atoms with Crippen molar-refractivity contribution in [3.8, 4) is 6.07 Å². The molecule has 0 spiro atoms. The fraction of sp³-hybridized carbons (Fsp3) is 0.400. The zero-order chi connectivity index (χ0) is 13.7. The van der Waals surface area contributed by atoms with Gasteiger partial charge in [-0.05, 0) is 42.5 Å². The molecule has 2 rings (SSSR count). The van der Waals surface area contributed by atoms with Gasteiger partial charge in [-0.15, -0.1) is 0 Å². The Hall–Kier alpha value is -1.73. The summed E-state index contributed by atoms with van der Waals surface area (Å²) in [4.78, 5) is 0. The number of halogens is 2. The summed E-state index contributed by atoms with van der Waals surface area (Å²) in [5.41, 5.74) is 1.78. The van der Waals surface area contributed by atoms with Crippen LogP contribution in [0.25, 0.3) is 5.57 Å². The van der Waals surface area contributed by atoms with Gasteiger partial charge in [0.1, 0.15) is 0 Å². The van der Waals surface area contributed by atoms with Crippen LogP contribution in [0.3, 0.4) is 0 Å². The molecule has 0 saturated carbocycles. The number of hydrogen-bond donors (Lipinski definition) is 1. The molecule has 0 saturated heterocycles. The smallest absolute Gasteiger partial charge is 0.159 e. The van der Waals surface area contributed by atoms with Gasteiger partial charge in [-0.25, -0.2) is 8.78 Å². The lowest BCUT2D eigenvalue weighted by Gasteiger charge is -2.24. The van der Waals surface area contributed by atoms with Crippen LogP contribution in [0, 0.1) is 23.0 Å². The Bertz CT molecular complexity index is 517. The molecule has 2 nitrogen and oxygen atoms in total. The van der Waals surface area contributed by atoms with E-state index >= 15 is 0 Å². The van der Waals surface area contributed by atoms with Crippen LogP contribution in [0.5, 0.6) is 0 Å². The average Bonchev–Trinajstić information content (AvgIpc) is 2.43. The summed E-state index contributed by atoms with van der Waals surface area (Å²) in [5, 5.41) is 11.9. The second-order valence-electron chi connectivity index (χ2n) is 4.72. The number of hydrogen-bond acceptors (Lipinski definition) is 2.